The van der Waals surface area contributed by atoms with Crippen molar-refractivity contribution in [2.24, 2.45) is 0 Å². The lowest BCUT2D eigenvalue weighted by molar-refractivity contribution is 1.34. The van der Waals surface area contributed by atoms with Crippen molar-refractivity contribution >= 4 is 64.6 Å². The highest BCUT2D eigenvalue weighted by molar-refractivity contribution is 5.91. The molecule has 486 valence electrons. The molecule has 0 fully saturated rings. The summed E-state index contributed by atoms with van der Waals surface area (Å²) < 4.78 is 0. The Kier molecular flexibility index (Phi) is 27.9. The largest absolute Gasteiger partial charge is 0.0620 e. The molecule has 0 aliphatic heterocycles. The van der Waals surface area contributed by atoms with E-state index in [1.807, 2.05) is 0 Å². The van der Waals surface area contributed by atoms with Crippen molar-refractivity contribution in [2.75, 3.05) is 0 Å². The molecular formula is C96H102. The Hall–Kier alpha value is -10.1. The molecule has 0 spiro atoms. The Labute approximate surface area is 577 Å². The van der Waals surface area contributed by atoms with E-state index in [1.54, 1.807) is 0 Å². The molecule has 96 heavy (non-hydrogen) atoms. The van der Waals surface area contributed by atoms with Crippen LogP contribution in [0.15, 0.2) is 291 Å². The van der Waals surface area contributed by atoms with Crippen molar-refractivity contribution in [3.05, 3.63) is 391 Å². The summed E-state index contributed by atoms with van der Waals surface area (Å²) in [5.41, 5.74) is 24.3. The molecular weight excluding hydrogens is 1150 g/mol. The molecule has 15 rings (SSSR count). The number of benzene rings is 15. The van der Waals surface area contributed by atoms with E-state index in [4.69, 9.17) is 0 Å². The van der Waals surface area contributed by atoms with Crippen LogP contribution in [-0.4, -0.2) is 0 Å². The van der Waals surface area contributed by atoms with Gasteiger partial charge in [0.15, 0.2) is 0 Å². The molecule has 0 heteroatoms. The molecule has 0 unspecified atom stereocenters. The van der Waals surface area contributed by atoms with Gasteiger partial charge < -0.3 is 0 Å². The molecule has 0 bridgehead atoms. The smallest absolute Gasteiger partial charge is 0.0125 e. The topological polar surface area (TPSA) is 0 Å². The zero-order valence-corrected chi connectivity index (χ0v) is 60.7. The molecule has 0 radical (unpaired) electrons. The lowest BCUT2D eigenvalue weighted by Crippen LogP contribution is -1.81. The van der Waals surface area contributed by atoms with E-state index in [0.29, 0.717) is 0 Å². The van der Waals surface area contributed by atoms with Crippen molar-refractivity contribution in [3.8, 4) is 0 Å². The molecule has 0 N–H and O–H groups in total. The average molecular weight is 1260 g/mol. The molecule has 0 aromatic heterocycles. The van der Waals surface area contributed by atoms with E-state index >= 15 is 0 Å². The molecule has 15 aromatic carbocycles. The summed E-state index contributed by atoms with van der Waals surface area (Å²) in [6.45, 7) is 38.4. The summed E-state index contributed by atoms with van der Waals surface area (Å²) in [6, 6.07) is 103. The highest BCUT2D eigenvalue weighted by Crippen LogP contribution is 2.25. The molecule has 15 aromatic rings. The molecule has 0 heterocycles. The maximum atomic E-state index is 2.24. The van der Waals surface area contributed by atoms with Crippen LogP contribution in [-0.2, 0) is 0 Å². The predicted octanol–water partition coefficient (Wildman–Crippen LogP) is 27.7. The Morgan fingerprint density at radius 3 is 0.802 bits per heavy atom. The first-order chi connectivity index (χ1) is 46.0. The SMILES string of the molecule is Cc1ccc(C)c2ccccc12.Cc1ccc(C)cc1.Cc1ccc2c(C)cccc2c1.Cc1ccc2cc(C)ccc2c1.Cc1ccc2cccc(C)c2c1.Cc1cccc(C)c1.Cc1cccc2c(C)cccc12.Cc1cccc2cccc(C)c12.Cc1ccccc1C. The Morgan fingerprint density at radius 2 is 0.396 bits per heavy atom. The van der Waals surface area contributed by atoms with Gasteiger partial charge in [-0.05, 0) is 245 Å². The van der Waals surface area contributed by atoms with Gasteiger partial charge in [0.25, 0.3) is 0 Å². The van der Waals surface area contributed by atoms with Crippen LogP contribution < -0.4 is 0 Å². The molecule has 0 aliphatic carbocycles. The predicted molar refractivity (Wildman–Crippen MR) is 428 cm³/mol. The van der Waals surface area contributed by atoms with Crippen LogP contribution in [0.3, 0.4) is 0 Å². The molecule has 0 amide bonds. The normalized spacial score (nSPS) is 10.2. The number of fused-ring (bicyclic) bond motifs is 6. The van der Waals surface area contributed by atoms with Crippen LogP contribution in [0.4, 0.5) is 0 Å². The minimum atomic E-state index is 1.33. The van der Waals surface area contributed by atoms with Gasteiger partial charge >= 0.3 is 0 Å². The van der Waals surface area contributed by atoms with Crippen LogP contribution in [0.5, 0.6) is 0 Å². The second-order valence-electron chi connectivity index (χ2n) is 26.1. The highest BCUT2D eigenvalue weighted by Gasteiger charge is 2.02. The van der Waals surface area contributed by atoms with Gasteiger partial charge in [-0.3, -0.25) is 0 Å². The first kappa shape index (κ1) is 73.3. The lowest BCUT2D eigenvalue weighted by Gasteiger charge is -2.04. The first-order valence-corrected chi connectivity index (χ1v) is 33.9. The van der Waals surface area contributed by atoms with Gasteiger partial charge in [0.1, 0.15) is 0 Å². The van der Waals surface area contributed by atoms with E-state index in [1.165, 1.54) is 165 Å². The van der Waals surface area contributed by atoms with Gasteiger partial charge in [-0.1, -0.05) is 336 Å². The van der Waals surface area contributed by atoms with Crippen molar-refractivity contribution in [1.29, 1.82) is 0 Å². The summed E-state index contributed by atoms with van der Waals surface area (Å²) in [7, 11) is 0. The van der Waals surface area contributed by atoms with Gasteiger partial charge in [-0.25, -0.2) is 0 Å². The van der Waals surface area contributed by atoms with Crippen molar-refractivity contribution in [3.63, 3.8) is 0 Å². The zero-order valence-electron chi connectivity index (χ0n) is 60.7. The van der Waals surface area contributed by atoms with E-state index in [2.05, 4.69) is 416 Å². The van der Waals surface area contributed by atoms with E-state index < -0.39 is 0 Å². The van der Waals surface area contributed by atoms with Crippen LogP contribution >= 0.6 is 0 Å². The number of rotatable bonds is 0. The Morgan fingerprint density at radius 1 is 0.125 bits per heavy atom. The molecule has 0 nitrogen and oxygen atoms in total. The van der Waals surface area contributed by atoms with Crippen molar-refractivity contribution in [1.82, 2.24) is 0 Å². The highest BCUT2D eigenvalue weighted by atomic mass is 14.1. The third-order valence-corrected chi connectivity index (χ3v) is 17.5. The Bertz CT molecular complexity index is 4670. The summed E-state index contributed by atoms with van der Waals surface area (Å²) >= 11 is 0. The van der Waals surface area contributed by atoms with Crippen LogP contribution in [0, 0.1) is 125 Å². The third-order valence-electron chi connectivity index (χ3n) is 17.5. The molecule has 0 atom stereocenters. The minimum Gasteiger partial charge on any atom is -0.0620 e. The van der Waals surface area contributed by atoms with Crippen LogP contribution in [0.1, 0.15) is 100 Å². The average Bonchev–Trinajstić information content (AvgIpc) is 0.963. The Balaban J connectivity index is 0.000000153. The van der Waals surface area contributed by atoms with Crippen molar-refractivity contribution < 1.29 is 0 Å². The number of hydrogen-bond acceptors (Lipinski definition) is 0. The number of hydrogen-bond donors (Lipinski definition) is 0. The fourth-order valence-electron chi connectivity index (χ4n) is 11.7. The van der Waals surface area contributed by atoms with Gasteiger partial charge in [-0.15, -0.1) is 0 Å². The molecule has 0 aliphatic rings. The van der Waals surface area contributed by atoms with Gasteiger partial charge in [0.2, 0.25) is 0 Å². The first-order valence-electron chi connectivity index (χ1n) is 33.9. The summed E-state index contributed by atoms with van der Waals surface area (Å²) in [6.07, 6.45) is 0. The zero-order chi connectivity index (χ0) is 69.3. The summed E-state index contributed by atoms with van der Waals surface area (Å²) in [5, 5.41) is 16.3. The van der Waals surface area contributed by atoms with Crippen LogP contribution in [0.2, 0.25) is 0 Å². The maximum Gasteiger partial charge on any atom is -0.0125 e. The van der Waals surface area contributed by atoms with Crippen molar-refractivity contribution in [2.45, 2.75) is 125 Å². The van der Waals surface area contributed by atoms with Gasteiger partial charge in [-0.2, -0.15) is 0 Å². The van der Waals surface area contributed by atoms with Gasteiger partial charge in [0, 0.05) is 0 Å². The monoisotopic (exact) mass is 1250 g/mol. The molecule has 0 saturated heterocycles. The fraction of sp³-hybridized carbons (Fsp3) is 0.188. The van der Waals surface area contributed by atoms with Crippen LogP contribution in [0.25, 0.3) is 64.6 Å². The fourth-order valence-corrected chi connectivity index (χ4v) is 11.7. The molecule has 0 saturated carbocycles. The van der Waals surface area contributed by atoms with Gasteiger partial charge in [0.05, 0.1) is 0 Å². The maximum absolute atomic E-state index is 2.24. The lowest BCUT2D eigenvalue weighted by atomic mass is 10.0. The van der Waals surface area contributed by atoms with E-state index in [0.717, 1.165) is 0 Å². The second-order valence-corrected chi connectivity index (χ2v) is 26.1. The minimum absolute atomic E-state index is 1.33. The quantitative estimate of drug-likeness (QED) is 0.142. The van der Waals surface area contributed by atoms with E-state index in [-0.39, 0.29) is 0 Å². The standard InChI is InChI=1S/6C12H12.3C8H10/c1-9-3-5-12-8-10(2)4-6-11(12)7-9;1-9-5-3-8-12-10(2)6-4-7-11(9)12;1-9-5-3-7-11-8-4-6-10(2)12(9)11;1-9-6-7-12-10(2)4-3-5-11(12)8-9;1-9-6-7-11-5-3-4-10(2)12(11)8-9;1-9-7-8-10(2)12-6-4-3-5-11(9)12;1-7-3-5-8(2)6-4-7;1-7-4-3-5-8(2)6-7;1-7-5-3-4-6-8(7)2/h6*3-8H,1-2H3;3*3-6H,1-2H3. The summed E-state index contributed by atoms with van der Waals surface area (Å²) in [5.74, 6) is 0. The second kappa shape index (κ2) is 36.5. The summed E-state index contributed by atoms with van der Waals surface area (Å²) in [4.78, 5) is 0. The third kappa shape index (κ3) is 22.3. The number of aryl methyl sites for hydroxylation is 18. The van der Waals surface area contributed by atoms with E-state index in [9.17, 15) is 0 Å².